The van der Waals surface area contributed by atoms with Crippen molar-refractivity contribution in [1.82, 2.24) is 4.90 Å². The van der Waals surface area contributed by atoms with Gasteiger partial charge in [-0.25, -0.2) is 0 Å². The lowest BCUT2D eigenvalue weighted by atomic mass is 10.1. The maximum absolute atomic E-state index is 5.87. The molecule has 1 fully saturated rings. The van der Waals surface area contributed by atoms with E-state index in [0.717, 1.165) is 37.5 Å². The zero-order valence-electron chi connectivity index (χ0n) is 8.08. The van der Waals surface area contributed by atoms with Gasteiger partial charge in [0.15, 0.2) is 0 Å². The van der Waals surface area contributed by atoms with E-state index in [4.69, 9.17) is 17.3 Å². The van der Waals surface area contributed by atoms with Crippen LogP contribution in [-0.4, -0.2) is 24.0 Å². The Morgan fingerprint density at radius 1 is 1.50 bits per heavy atom. The summed E-state index contributed by atoms with van der Waals surface area (Å²) < 4.78 is 0. The number of nitrogens with zero attached hydrogens (tertiary/aromatic N) is 1. The Morgan fingerprint density at radius 3 is 2.79 bits per heavy atom. The normalized spacial score (nSPS) is 20.1. The quantitative estimate of drug-likeness (QED) is 0.845. The summed E-state index contributed by atoms with van der Waals surface area (Å²) in [5.41, 5.74) is 5.85. The molecule has 1 aliphatic rings. The molecule has 0 aliphatic carbocycles. The fraction of sp³-hybridized carbons (Fsp3) is 0.600. The van der Waals surface area contributed by atoms with Crippen LogP contribution in [-0.2, 0) is 6.54 Å². The summed E-state index contributed by atoms with van der Waals surface area (Å²) in [5.74, 6) is 0. The molecular weight excluding hydrogens is 216 g/mol. The highest BCUT2D eigenvalue weighted by Gasteiger charge is 2.16. The Kier molecular flexibility index (Phi) is 3.44. The van der Waals surface area contributed by atoms with E-state index in [0.29, 0.717) is 6.04 Å². The first-order valence-corrected chi connectivity index (χ1v) is 6.20. The maximum Gasteiger partial charge on any atom is 0.0516 e. The second kappa shape index (κ2) is 4.62. The molecule has 0 atom stereocenters. The van der Waals surface area contributed by atoms with Crippen molar-refractivity contribution >= 4 is 22.9 Å². The molecule has 1 aromatic heterocycles. The number of thiophene rings is 1. The lowest BCUT2D eigenvalue weighted by Crippen LogP contribution is -2.39. The van der Waals surface area contributed by atoms with E-state index in [1.165, 1.54) is 4.88 Å². The fourth-order valence-corrected chi connectivity index (χ4v) is 2.88. The van der Waals surface area contributed by atoms with Crippen molar-refractivity contribution in [2.24, 2.45) is 5.73 Å². The van der Waals surface area contributed by atoms with Gasteiger partial charge in [0.05, 0.1) is 5.02 Å². The molecule has 1 aromatic rings. The van der Waals surface area contributed by atoms with Crippen molar-refractivity contribution in [3.8, 4) is 0 Å². The first-order valence-electron chi connectivity index (χ1n) is 4.95. The lowest BCUT2D eigenvalue weighted by molar-refractivity contribution is 0.207. The number of likely N-dealkylation sites (tertiary alicyclic amines) is 1. The van der Waals surface area contributed by atoms with Gasteiger partial charge in [0.25, 0.3) is 0 Å². The van der Waals surface area contributed by atoms with E-state index in [1.54, 1.807) is 11.3 Å². The molecule has 0 spiro atoms. The number of hydrogen-bond donors (Lipinski definition) is 1. The minimum atomic E-state index is 0.415. The Labute approximate surface area is 93.7 Å². The Balaban J connectivity index is 1.86. The molecule has 0 aromatic carbocycles. The molecule has 1 aliphatic heterocycles. The summed E-state index contributed by atoms with van der Waals surface area (Å²) in [6.45, 7) is 3.28. The van der Waals surface area contributed by atoms with Crippen molar-refractivity contribution < 1.29 is 0 Å². The second-order valence-electron chi connectivity index (χ2n) is 3.84. The largest absolute Gasteiger partial charge is 0.328 e. The molecule has 4 heteroatoms. The molecule has 2 rings (SSSR count). The SMILES string of the molecule is NC1CCN(Cc2cc(Cl)cs2)CC1. The van der Waals surface area contributed by atoms with Crippen LogP contribution in [0.25, 0.3) is 0 Å². The molecule has 0 amide bonds. The average Bonchev–Trinajstić information content (AvgIpc) is 2.56. The molecule has 1 saturated heterocycles. The maximum atomic E-state index is 5.87. The molecule has 2 heterocycles. The molecule has 2 nitrogen and oxygen atoms in total. The van der Waals surface area contributed by atoms with Crippen LogP contribution in [0.2, 0.25) is 5.02 Å². The Hall–Kier alpha value is -0.0900. The Morgan fingerprint density at radius 2 is 2.21 bits per heavy atom. The van der Waals surface area contributed by atoms with E-state index >= 15 is 0 Å². The van der Waals surface area contributed by atoms with Crippen LogP contribution in [0.3, 0.4) is 0 Å². The molecule has 0 bridgehead atoms. The zero-order chi connectivity index (χ0) is 9.97. The van der Waals surface area contributed by atoms with Crippen LogP contribution in [0.1, 0.15) is 17.7 Å². The molecular formula is C10H15ClN2S. The summed E-state index contributed by atoms with van der Waals surface area (Å²) in [6, 6.07) is 2.47. The first kappa shape index (κ1) is 10.4. The number of nitrogens with two attached hydrogens (primary N) is 1. The minimum absolute atomic E-state index is 0.415. The molecule has 0 unspecified atom stereocenters. The zero-order valence-corrected chi connectivity index (χ0v) is 9.65. The van der Waals surface area contributed by atoms with Gasteiger partial charge in [-0.2, -0.15) is 0 Å². The van der Waals surface area contributed by atoms with Crippen LogP contribution in [0.5, 0.6) is 0 Å². The van der Waals surface area contributed by atoms with Gasteiger partial charge in [-0.1, -0.05) is 11.6 Å². The van der Waals surface area contributed by atoms with Gasteiger partial charge in [-0.15, -0.1) is 11.3 Å². The van der Waals surface area contributed by atoms with Gasteiger partial charge in [0, 0.05) is 22.8 Å². The summed E-state index contributed by atoms with van der Waals surface area (Å²) in [4.78, 5) is 3.80. The van der Waals surface area contributed by atoms with E-state index in [9.17, 15) is 0 Å². The number of rotatable bonds is 2. The van der Waals surface area contributed by atoms with Crippen LogP contribution < -0.4 is 5.73 Å². The van der Waals surface area contributed by atoms with E-state index < -0.39 is 0 Å². The summed E-state index contributed by atoms with van der Waals surface area (Å²) in [5, 5.41) is 2.85. The topological polar surface area (TPSA) is 29.3 Å². The third kappa shape index (κ3) is 2.70. The number of halogens is 1. The van der Waals surface area contributed by atoms with Crippen LogP contribution >= 0.6 is 22.9 Å². The monoisotopic (exact) mass is 230 g/mol. The van der Waals surface area contributed by atoms with E-state index in [-0.39, 0.29) is 0 Å². The standard InChI is InChI=1S/C10H15ClN2S/c11-8-5-10(14-7-8)6-13-3-1-9(12)2-4-13/h5,7,9H,1-4,6,12H2. The highest BCUT2D eigenvalue weighted by Crippen LogP contribution is 2.21. The molecule has 14 heavy (non-hydrogen) atoms. The summed E-state index contributed by atoms with van der Waals surface area (Å²) in [6.07, 6.45) is 2.25. The van der Waals surface area contributed by atoms with Gasteiger partial charge >= 0.3 is 0 Å². The molecule has 2 N–H and O–H groups in total. The predicted octanol–water partition coefficient (Wildman–Crippen LogP) is 2.32. The van der Waals surface area contributed by atoms with Crippen molar-refractivity contribution in [3.63, 3.8) is 0 Å². The van der Waals surface area contributed by atoms with Crippen molar-refractivity contribution in [1.29, 1.82) is 0 Å². The van der Waals surface area contributed by atoms with Gasteiger partial charge < -0.3 is 5.73 Å². The number of hydrogen-bond acceptors (Lipinski definition) is 3. The second-order valence-corrected chi connectivity index (χ2v) is 5.28. The van der Waals surface area contributed by atoms with Gasteiger partial charge in [0.1, 0.15) is 0 Å². The van der Waals surface area contributed by atoms with Crippen molar-refractivity contribution in [2.45, 2.75) is 25.4 Å². The minimum Gasteiger partial charge on any atom is -0.328 e. The average molecular weight is 231 g/mol. The van der Waals surface area contributed by atoms with E-state index in [2.05, 4.69) is 11.0 Å². The molecule has 0 radical (unpaired) electrons. The number of piperidine rings is 1. The fourth-order valence-electron chi connectivity index (χ4n) is 1.77. The highest BCUT2D eigenvalue weighted by atomic mass is 35.5. The van der Waals surface area contributed by atoms with Crippen LogP contribution in [0, 0.1) is 0 Å². The third-order valence-corrected chi connectivity index (χ3v) is 3.90. The predicted molar refractivity (Wildman–Crippen MR) is 61.8 cm³/mol. The highest BCUT2D eigenvalue weighted by molar-refractivity contribution is 7.10. The lowest BCUT2D eigenvalue weighted by Gasteiger charge is -2.29. The summed E-state index contributed by atoms with van der Waals surface area (Å²) in [7, 11) is 0. The molecule has 0 saturated carbocycles. The van der Waals surface area contributed by atoms with Gasteiger partial charge in [-0.05, 0) is 32.0 Å². The van der Waals surface area contributed by atoms with Crippen molar-refractivity contribution in [2.75, 3.05) is 13.1 Å². The first-order chi connectivity index (χ1) is 6.74. The third-order valence-electron chi connectivity index (χ3n) is 2.63. The molecule has 78 valence electrons. The summed E-state index contributed by atoms with van der Waals surface area (Å²) >= 11 is 7.61. The van der Waals surface area contributed by atoms with Gasteiger partial charge in [-0.3, -0.25) is 4.90 Å². The van der Waals surface area contributed by atoms with Crippen LogP contribution in [0.15, 0.2) is 11.4 Å². The van der Waals surface area contributed by atoms with Crippen molar-refractivity contribution in [3.05, 3.63) is 21.3 Å². The Bertz CT molecular complexity index is 292. The van der Waals surface area contributed by atoms with Gasteiger partial charge in [0.2, 0.25) is 0 Å². The van der Waals surface area contributed by atoms with Crippen LogP contribution in [0.4, 0.5) is 0 Å². The smallest absolute Gasteiger partial charge is 0.0516 e. The van der Waals surface area contributed by atoms with E-state index in [1.807, 2.05) is 5.38 Å².